The second-order valence-electron chi connectivity index (χ2n) is 5.97. The van der Waals surface area contributed by atoms with Crippen LogP contribution < -0.4 is 10.5 Å². The monoisotopic (exact) mass is 406 g/mol. The summed E-state index contributed by atoms with van der Waals surface area (Å²) in [7, 11) is -3.95. The summed E-state index contributed by atoms with van der Waals surface area (Å²) >= 11 is 3.14. The van der Waals surface area contributed by atoms with E-state index >= 15 is 0 Å². The lowest BCUT2D eigenvalue weighted by Gasteiger charge is -2.23. The number of carbonyl (C=O) groups excluding carboxylic acids is 2. The number of carbonyl (C=O) groups is 2. The largest absolute Gasteiger partial charge is 0.449 e. The van der Waals surface area contributed by atoms with Gasteiger partial charge in [0, 0.05) is 10.0 Å². The molecule has 1 aromatic carbocycles. The van der Waals surface area contributed by atoms with Crippen molar-refractivity contribution in [1.29, 1.82) is 0 Å². The molecular formula is C14H19BrN2O5S. The highest BCUT2D eigenvalue weighted by molar-refractivity contribution is 9.10. The summed E-state index contributed by atoms with van der Waals surface area (Å²) in [6.45, 7) is 6.82. The van der Waals surface area contributed by atoms with Crippen LogP contribution in [0.25, 0.3) is 0 Å². The molecule has 0 heterocycles. The second kappa shape index (κ2) is 6.98. The molecule has 0 saturated carbocycles. The van der Waals surface area contributed by atoms with E-state index in [4.69, 9.17) is 9.88 Å². The molecule has 0 aliphatic heterocycles. The van der Waals surface area contributed by atoms with E-state index in [9.17, 15) is 18.0 Å². The van der Waals surface area contributed by atoms with Crippen molar-refractivity contribution in [1.82, 2.24) is 5.32 Å². The van der Waals surface area contributed by atoms with Crippen molar-refractivity contribution in [3.05, 3.63) is 28.2 Å². The fourth-order valence-electron chi connectivity index (χ4n) is 1.59. The van der Waals surface area contributed by atoms with E-state index in [0.717, 1.165) is 6.07 Å². The van der Waals surface area contributed by atoms with Crippen LogP contribution in [0.3, 0.4) is 0 Å². The normalized spacial score (nSPS) is 13.3. The van der Waals surface area contributed by atoms with Crippen molar-refractivity contribution < 1.29 is 22.7 Å². The quantitative estimate of drug-likeness (QED) is 0.735. The Morgan fingerprint density at radius 3 is 2.35 bits per heavy atom. The minimum Gasteiger partial charge on any atom is -0.449 e. The van der Waals surface area contributed by atoms with E-state index < -0.39 is 33.5 Å². The van der Waals surface area contributed by atoms with Gasteiger partial charge in [0.05, 0.1) is 10.5 Å². The summed E-state index contributed by atoms with van der Waals surface area (Å²) in [5, 5.41) is 7.72. The van der Waals surface area contributed by atoms with Gasteiger partial charge in [0.1, 0.15) is 0 Å². The van der Waals surface area contributed by atoms with Crippen LogP contribution in [0.5, 0.6) is 0 Å². The maximum absolute atomic E-state index is 12.2. The van der Waals surface area contributed by atoms with Crippen molar-refractivity contribution in [2.75, 3.05) is 0 Å². The molecule has 0 spiro atoms. The van der Waals surface area contributed by atoms with Crippen molar-refractivity contribution >= 4 is 37.8 Å². The van der Waals surface area contributed by atoms with E-state index in [-0.39, 0.29) is 10.5 Å². The summed E-state index contributed by atoms with van der Waals surface area (Å²) in [5.41, 5.74) is -0.502. The third-order valence-corrected chi connectivity index (χ3v) is 4.24. The zero-order valence-electron chi connectivity index (χ0n) is 13.2. The van der Waals surface area contributed by atoms with Gasteiger partial charge in [0.25, 0.3) is 5.91 Å². The third kappa shape index (κ3) is 5.92. The van der Waals surface area contributed by atoms with Crippen LogP contribution in [0, 0.1) is 0 Å². The molecule has 0 saturated heterocycles. The number of nitrogens with one attached hydrogen (secondary N) is 1. The lowest BCUT2D eigenvalue weighted by Crippen LogP contribution is -2.46. The molecular weight excluding hydrogens is 388 g/mol. The Kier molecular flexibility index (Phi) is 5.95. The highest BCUT2D eigenvalue weighted by Gasteiger charge is 2.24. The molecule has 23 heavy (non-hydrogen) atoms. The van der Waals surface area contributed by atoms with Crippen LogP contribution in [0.2, 0.25) is 0 Å². The molecule has 1 atom stereocenters. The van der Waals surface area contributed by atoms with Crippen LogP contribution in [0.1, 0.15) is 38.1 Å². The summed E-state index contributed by atoms with van der Waals surface area (Å²) < 4.78 is 28.1. The first-order valence-electron chi connectivity index (χ1n) is 6.66. The first-order chi connectivity index (χ1) is 10.3. The number of benzene rings is 1. The molecule has 3 N–H and O–H groups in total. The van der Waals surface area contributed by atoms with Gasteiger partial charge in [0.15, 0.2) is 6.10 Å². The molecule has 0 aliphatic rings. The number of ether oxygens (including phenoxy) is 1. The van der Waals surface area contributed by atoms with E-state index in [0.29, 0.717) is 4.47 Å². The number of rotatable bonds is 4. The average molecular weight is 407 g/mol. The van der Waals surface area contributed by atoms with E-state index in [1.807, 2.05) is 0 Å². The van der Waals surface area contributed by atoms with Crippen LogP contribution >= 0.6 is 15.9 Å². The van der Waals surface area contributed by atoms with Gasteiger partial charge >= 0.3 is 5.97 Å². The van der Waals surface area contributed by atoms with E-state index in [2.05, 4.69) is 21.2 Å². The zero-order chi connectivity index (χ0) is 18.0. The molecule has 1 amide bonds. The summed E-state index contributed by atoms with van der Waals surface area (Å²) in [6.07, 6.45) is -1.04. The van der Waals surface area contributed by atoms with Gasteiger partial charge in [-0.05, 0) is 61.8 Å². The fraction of sp³-hybridized carbons (Fsp3) is 0.429. The minimum absolute atomic E-state index is 0.0352. The number of amides is 1. The second-order valence-corrected chi connectivity index (χ2v) is 8.39. The lowest BCUT2D eigenvalue weighted by molar-refractivity contribution is -0.130. The molecule has 1 rings (SSSR count). The lowest BCUT2D eigenvalue weighted by atomic mass is 10.1. The number of primary sulfonamides is 1. The topological polar surface area (TPSA) is 116 Å². The Morgan fingerprint density at radius 2 is 1.87 bits per heavy atom. The standard InChI is InChI=1S/C14H19BrN2O5S/c1-8(12(18)17-14(2,3)4)22-13(19)10-7-9(23(16,20)21)5-6-11(10)15/h5-8H,1-4H3,(H,17,18)(H2,16,20,21)/t8-/m0/s1. The fourth-order valence-corrected chi connectivity index (χ4v) is 2.53. The predicted octanol–water partition coefficient (Wildman–Crippen LogP) is 1.56. The number of sulfonamides is 1. The SMILES string of the molecule is C[C@H](OC(=O)c1cc(S(N)(=O)=O)ccc1Br)C(=O)NC(C)(C)C. The average Bonchev–Trinajstić information content (AvgIpc) is 2.35. The number of hydrogen-bond acceptors (Lipinski definition) is 5. The van der Waals surface area contributed by atoms with Crippen molar-refractivity contribution in [3.8, 4) is 0 Å². The van der Waals surface area contributed by atoms with Crippen LogP contribution in [0.15, 0.2) is 27.6 Å². The third-order valence-electron chi connectivity index (χ3n) is 2.64. The molecule has 9 heteroatoms. The van der Waals surface area contributed by atoms with Gasteiger partial charge in [0.2, 0.25) is 10.0 Å². The zero-order valence-corrected chi connectivity index (χ0v) is 15.6. The molecule has 0 radical (unpaired) electrons. The first kappa shape index (κ1) is 19.6. The Bertz CT molecular complexity index is 725. The Balaban J connectivity index is 2.96. The minimum atomic E-state index is -3.95. The molecule has 0 bridgehead atoms. The molecule has 0 aliphatic carbocycles. The summed E-state index contributed by atoms with van der Waals surface area (Å²) in [4.78, 5) is 23.9. The Labute approximate surface area is 143 Å². The smallest absolute Gasteiger partial charge is 0.340 e. The molecule has 1 aromatic rings. The van der Waals surface area contributed by atoms with Crippen LogP contribution in [-0.4, -0.2) is 31.9 Å². The summed E-state index contributed by atoms with van der Waals surface area (Å²) in [6, 6.07) is 3.72. The van der Waals surface area contributed by atoms with Crippen LogP contribution in [0.4, 0.5) is 0 Å². The molecule has 0 fully saturated rings. The Morgan fingerprint density at radius 1 is 1.30 bits per heavy atom. The highest BCUT2D eigenvalue weighted by atomic mass is 79.9. The maximum atomic E-state index is 12.2. The maximum Gasteiger partial charge on any atom is 0.340 e. The van der Waals surface area contributed by atoms with Crippen LogP contribution in [-0.2, 0) is 19.6 Å². The van der Waals surface area contributed by atoms with Gasteiger partial charge < -0.3 is 10.1 Å². The first-order valence-corrected chi connectivity index (χ1v) is 9.00. The van der Waals surface area contributed by atoms with Gasteiger partial charge in [-0.25, -0.2) is 18.4 Å². The summed E-state index contributed by atoms with van der Waals surface area (Å²) in [5.74, 6) is -1.29. The van der Waals surface area contributed by atoms with Crippen molar-refractivity contribution in [2.45, 2.75) is 44.2 Å². The van der Waals surface area contributed by atoms with Crippen molar-refractivity contribution in [2.24, 2.45) is 5.14 Å². The Hall–Kier alpha value is -1.45. The highest BCUT2D eigenvalue weighted by Crippen LogP contribution is 2.22. The molecule has 0 unspecified atom stereocenters. The predicted molar refractivity (Wildman–Crippen MR) is 88.3 cm³/mol. The van der Waals surface area contributed by atoms with E-state index in [1.165, 1.54) is 19.1 Å². The number of halogens is 1. The molecule has 7 nitrogen and oxygen atoms in total. The van der Waals surface area contributed by atoms with Gasteiger partial charge in [-0.1, -0.05) is 0 Å². The van der Waals surface area contributed by atoms with Gasteiger partial charge in [-0.3, -0.25) is 4.79 Å². The number of hydrogen-bond donors (Lipinski definition) is 2. The van der Waals surface area contributed by atoms with Gasteiger partial charge in [-0.2, -0.15) is 0 Å². The number of esters is 1. The molecule has 0 aromatic heterocycles. The molecule has 128 valence electrons. The van der Waals surface area contributed by atoms with E-state index in [1.54, 1.807) is 20.8 Å². The number of nitrogens with two attached hydrogens (primary N) is 1. The van der Waals surface area contributed by atoms with Crippen molar-refractivity contribution in [3.63, 3.8) is 0 Å². The van der Waals surface area contributed by atoms with Gasteiger partial charge in [-0.15, -0.1) is 0 Å².